The maximum absolute atomic E-state index is 4.75. The normalized spacial score (nSPS) is 21.1. The standard InChI is InChI=1S/C12H21N3/c1-3-6-10-9-15-8-5-7-13-11(4-2)12(15)14-10/h9,11,13H,3-8H2,1-2H3/t11-/m1/s1. The number of fused-ring (bicyclic) bond motifs is 1. The summed E-state index contributed by atoms with van der Waals surface area (Å²) in [5, 5.41) is 3.56. The van der Waals surface area contributed by atoms with Crippen LogP contribution in [0.2, 0.25) is 0 Å². The number of nitrogens with zero attached hydrogens (tertiary/aromatic N) is 2. The molecule has 0 saturated carbocycles. The topological polar surface area (TPSA) is 29.9 Å². The van der Waals surface area contributed by atoms with Gasteiger partial charge >= 0.3 is 0 Å². The first-order valence-corrected chi connectivity index (χ1v) is 6.14. The van der Waals surface area contributed by atoms with E-state index in [0.717, 1.165) is 25.9 Å². The van der Waals surface area contributed by atoms with Crippen LogP contribution in [0.4, 0.5) is 0 Å². The highest BCUT2D eigenvalue weighted by Gasteiger charge is 2.18. The molecule has 84 valence electrons. The highest BCUT2D eigenvalue weighted by molar-refractivity contribution is 5.09. The predicted molar refractivity (Wildman–Crippen MR) is 61.9 cm³/mol. The van der Waals surface area contributed by atoms with Crippen LogP contribution in [0.1, 0.15) is 50.7 Å². The molecule has 0 radical (unpaired) electrons. The number of nitrogens with one attached hydrogen (secondary N) is 1. The second kappa shape index (κ2) is 4.79. The number of aryl methyl sites for hydroxylation is 2. The molecule has 0 amide bonds. The Bertz CT molecular complexity index is 317. The molecule has 1 atom stereocenters. The zero-order valence-corrected chi connectivity index (χ0v) is 9.79. The molecule has 1 aromatic heterocycles. The van der Waals surface area contributed by atoms with Crippen LogP contribution in [-0.4, -0.2) is 16.1 Å². The average molecular weight is 207 g/mol. The molecule has 0 aliphatic carbocycles. The van der Waals surface area contributed by atoms with Crippen LogP contribution < -0.4 is 5.32 Å². The minimum absolute atomic E-state index is 0.457. The van der Waals surface area contributed by atoms with E-state index in [1.54, 1.807) is 0 Å². The number of rotatable bonds is 3. The molecular weight excluding hydrogens is 186 g/mol. The van der Waals surface area contributed by atoms with Gasteiger partial charge in [-0.25, -0.2) is 4.98 Å². The van der Waals surface area contributed by atoms with Gasteiger partial charge in [0, 0.05) is 12.7 Å². The van der Waals surface area contributed by atoms with Gasteiger partial charge in [0.15, 0.2) is 0 Å². The van der Waals surface area contributed by atoms with Crippen molar-refractivity contribution < 1.29 is 0 Å². The van der Waals surface area contributed by atoms with Crippen molar-refractivity contribution in [3.8, 4) is 0 Å². The SMILES string of the molecule is CCCc1cn2c(n1)[C@@H](CC)NCCC2. The first-order chi connectivity index (χ1) is 7.35. The second-order valence-corrected chi connectivity index (χ2v) is 4.30. The van der Waals surface area contributed by atoms with Gasteiger partial charge in [0.05, 0.1) is 11.7 Å². The molecule has 0 aromatic carbocycles. The van der Waals surface area contributed by atoms with Crippen LogP contribution in [-0.2, 0) is 13.0 Å². The maximum atomic E-state index is 4.75. The van der Waals surface area contributed by atoms with Crippen LogP contribution in [0, 0.1) is 0 Å². The molecule has 15 heavy (non-hydrogen) atoms. The van der Waals surface area contributed by atoms with Gasteiger partial charge in [-0.15, -0.1) is 0 Å². The fraction of sp³-hybridized carbons (Fsp3) is 0.750. The molecule has 0 bridgehead atoms. The summed E-state index contributed by atoms with van der Waals surface area (Å²) in [6.45, 7) is 6.67. The summed E-state index contributed by atoms with van der Waals surface area (Å²) in [6, 6.07) is 0.457. The summed E-state index contributed by atoms with van der Waals surface area (Å²) in [4.78, 5) is 4.75. The number of aromatic nitrogens is 2. The number of hydrogen-bond acceptors (Lipinski definition) is 2. The summed E-state index contributed by atoms with van der Waals surface area (Å²) in [6.07, 6.45) is 6.87. The quantitative estimate of drug-likeness (QED) is 0.824. The Hall–Kier alpha value is -0.830. The predicted octanol–water partition coefficient (Wildman–Crippen LogP) is 2.28. The van der Waals surface area contributed by atoms with Crippen LogP contribution >= 0.6 is 0 Å². The number of hydrogen-bond donors (Lipinski definition) is 1. The Balaban J connectivity index is 2.25. The lowest BCUT2D eigenvalue weighted by Crippen LogP contribution is -2.21. The van der Waals surface area contributed by atoms with Gasteiger partial charge in [-0.2, -0.15) is 0 Å². The smallest absolute Gasteiger partial charge is 0.126 e. The van der Waals surface area contributed by atoms with E-state index < -0.39 is 0 Å². The Morgan fingerprint density at radius 1 is 1.53 bits per heavy atom. The van der Waals surface area contributed by atoms with Crippen molar-refractivity contribution in [1.82, 2.24) is 14.9 Å². The second-order valence-electron chi connectivity index (χ2n) is 4.30. The molecule has 3 nitrogen and oxygen atoms in total. The molecule has 2 rings (SSSR count). The summed E-state index contributed by atoms with van der Waals surface area (Å²) in [5.74, 6) is 1.25. The highest BCUT2D eigenvalue weighted by atomic mass is 15.1. The average Bonchev–Trinajstić information content (AvgIpc) is 2.53. The van der Waals surface area contributed by atoms with Gasteiger partial charge in [-0.05, 0) is 25.8 Å². The zero-order chi connectivity index (χ0) is 10.7. The van der Waals surface area contributed by atoms with E-state index in [1.165, 1.54) is 24.4 Å². The van der Waals surface area contributed by atoms with Crippen molar-refractivity contribution in [1.29, 1.82) is 0 Å². The highest BCUT2D eigenvalue weighted by Crippen LogP contribution is 2.20. The molecular formula is C12H21N3. The van der Waals surface area contributed by atoms with Crippen molar-refractivity contribution in [3.05, 3.63) is 17.7 Å². The molecule has 1 aliphatic rings. The molecule has 0 saturated heterocycles. The largest absolute Gasteiger partial charge is 0.333 e. The molecule has 2 heterocycles. The van der Waals surface area contributed by atoms with E-state index in [2.05, 4.69) is 29.9 Å². The van der Waals surface area contributed by atoms with E-state index in [9.17, 15) is 0 Å². The van der Waals surface area contributed by atoms with Gasteiger partial charge in [-0.3, -0.25) is 0 Å². The van der Waals surface area contributed by atoms with Gasteiger partial charge < -0.3 is 9.88 Å². The van der Waals surface area contributed by atoms with E-state index in [1.807, 2.05) is 0 Å². The van der Waals surface area contributed by atoms with Gasteiger partial charge in [-0.1, -0.05) is 20.3 Å². The van der Waals surface area contributed by atoms with Crippen molar-refractivity contribution in [2.24, 2.45) is 0 Å². The molecule has 1 aromatic rings. The van der Waals surface area contributed by atoms with Gasteiger partial charge in [0.25, 0.3) is 0 Å². The summed E-state index contributed by atoms with van der Waals surface area (Å²) < 4.78 is 2.35. The summed E-state index contributed by atoms with van der Waals surface area (Å²) >= 11 is 0. The first-order valence-electron chi connectivity index (χ1n) is 6.14. The summed E-state index contributed by atoms with van der Waals surface area (Å²) in [5.41, 5.74) is 1.26. The Labute approximate surface area is 91.9 Å². The van der Waals surface area contributed by atoms with E-state index in [0.29, 0.717) is 6.04 Å². The van der Waals surface area contributed by atoms with Crippen molar-refractivity contribution in [3.63, 3.8) is 0 Å². The molecule has 3 heteroatoms. The van der Waals surface area contributed by atoms with Crippen molar-refractivity contribution >= 4 is 0 Å². The van der Waals surface area contributed by atoms with Crippen LogP contribution in [0.3, 0.4) is 0 Å². The monoisotopic (exact) mass is 207 g/mol. The first kappa shape index (κ1) is 10.7. The molecule has 1 aliphatic heterocycles. The number of imidazole rings is 1. The fourth-order valence-corrected chi connectivity index (χ4v) is 2.26. The lowest BCUT2D eigenvalue weighted by molar-refractivity contribution is 0.513. The Kier molecular flexibility index (Phi) is 3.41. The third kappa shape index (κ3) is 2.23. The molecule has 0 fully saturated rings. The van der Waals surface area contributed by atoms with E-state index >= 15 is 0 Å². The van der Waals surface area contributed by atoms with Crippen molar-refractivity contribution in [2.75, 3.05) is 6.54 Å². The zero-order valence-electron chi connectivity index (χ0n) is 9.79. The third-order valence-electron chi connectivity index (χ3n) is 3.05. The van der Waals surface area contributed by atoms with Crippen LogP contribution in [0.15, 0.2) is 6.20 Å². The molecule has 0 spiro atoms. The van der Waals surface area contributed by atoms with Crippen LogP contribution in [0.25, 0.3) is 0 Å². The maximum Gasteiger partial charge on any atom is 0.126 e. The fourth-order valence-electron chi connectivity index (χ4n) is 2.26. The molecule has 0 unspecified atom stereocenters. The van der Waals surface area contributed by atoms with Gasteiger partial charge in [0.2, 0.25) is 0 Å². The lowest BCUT2D eigenvalue weighted by atomic mass is 10.2. The minimum atomic E-state index is 0.457. The third-order valence-corrected chi connectivity index (χ3v) is 3.05. The molecule has 1 N–H and O–H groups in total. The van der Waals surface area contributed by atoms with E-state index in [-0.39, 0.29) is 0 Å². The van der Waals surface area contributed by atoms with Gasteiger partial charge in [0.1, 0.15) is 5.82 Å². The Morgan fingerprint density at radius 2 is 2.40 bits per heavy atom. The Morgan fingerprint density at radius 3 is 3.13 bits per heavy atom. The lowest BCUT2D eigenvalue weighted by Gasteiger charge is -2.12. The van der Waals surface area contributed by atoms with E-state index in [4.69, 9.17) is 4.98 Å². The van der Waals surface area contributed by atoms with Crippen molar-refractivity contribution in [2.45, 2.75) is 52.1 Å². The minimum Gasteiger partial charge on any atom is -0.333 e. The summed E-state index contributed by atoms with van der Waals surface area (Å²) in [7, 11) is 0. The van der Waals surface area contributed by atoms with Crippen LogP contribution in [0.5, 0.6) is 0 Å².